The Morgan fingerprint density at radius 3 is 2.77 bits per heavy atom. The van der Waals surface area contributed by atoms with E-state index in [1.807, 2.05) is 0 Å². The van der Waals surface area contributed by atoms with Crippen molar-refractivity contribution in [1.82, 2.24) is 0 Å². The van der Waals surface area contributed by atoms with E-state index in [2.05, 4.69) is 47.7 Å². The first-order valence-electron chi connectivity index (χ1n) is 3.95. The lowest BCUT2D eigenvalue weighted by Gasteiger charge is -1.96. The number of rotatable bonds is 1. The Kier molecular flexibility index (Phi) is 2.47. The van der Waals surface area contributed by atoms with Crippen LogP contribution >= 0.6 is 33.9 Å². The monoisotopic (exact) mass is 304 g/mol. The lowest BCUT2D eigenvalue weighted by atomic mass is 10.2. The summed E-state index contributed by atoms with van der Waals surface area (Å²) in [6.07, 6.45) is 0. The number of hydrogen-bond donors (Lipinski definition) is 0. The van der Waals surface area contributed by atoms with E-state index in [1.165, 1.54) is 19.2 Å². The van der Waals surface area contributed by atoms with Crippen LogP contribution in [0.1, 0.15) is 5.56 Å². The summed E-state index contributed by atoms with van der Waals surface area (Å²) in [6.45, 7) is 2.14. The van der Waals surface area contributed by atoms with Crippen LogP contribution in [-0.2, 0) is 0 Å². The summed E-state index contributed by atoms with van der Waals surface area (Å²) in [5, 5.41) is 2.36. The summed E-state index contributed by atoms with van der Waals surface area (Å²) >= 11 is 4.05. The zero-order valence-electron chi connectivity index (χ0n) is 7.43. The fourth-order valence-electron chi connectivity index (χ4n) is 1.39. The quantitative estimate of drug-likeness (QED) is 0.728. The Balaban J connectivity index is 2.85. The molecule has 13 heavy (non-hydrogen) atoms. The maximum atomic E-state index is 5.30. The molecular formula is C10H9IOS. The van der Waals surface area contributed by atoms with Crippen LogP contribution in [0.3, 0.4) is 0 Å². The van der Waals surface area contributed by atoms with Gasteiger partial charge < -0.3 is 4.74 Å². The molecule has 1 nitrogen and oxygen atoms in total. The topological polar surface area (TPSA) is 9.23 Å². The third-order valence-corrected chi connectivity index (χ3v) is 4.53. The molecule has 1 heterocycles. The van der Waals surface area contributed by atoms with E-state index in [1.54, 1.807) is 18.4 Å². The Labute approximate surface area is 94.9 Å². The van der Waals surface area contributed by atoms with Gasteiger partial charge in [-0.15, -0.1) is 0 Å². The molecule has 2 aromatic rings. The normalized spacial score (nSPS) is 10.7. The fourth-order valence-corrected chi connectivity index (χ4v) is 3.82. The summed E-state index contributed by atoms with van der Waals surface area (Å²) in [5.74, 6) is 0. The molecule has 0 aliphatic heterocycles. The van der Waals surface area contributed by atoms with E-state index in [9.17, 15) is 0 Å². The first kappa shape index (κ1) is 9.27. The largest absolute Gasteiger partial charge is 0.486 e. The van der Waals surface area contributed by atoms with Crippen molar-refractivity contribution in [2.45, 2.75) is 6.92 Å². The maximum Gasteiger partial charge on any atom is 0.188 e. The van der Waals surface area contributed by atoms with Gasteiger partial charge in [0.1, 0.15) is 0 Å². The van der Waals surface area contributed by atoms with Crippen LogP contribution in [-0.4, -0.2) is 7.11 Å². The number of thiophene rings is 1. The molecule has 0 spiro atoms. The molecule has 0 saturated carbocycles. The molecule has 0 saturated heterocycles. The molecule has 1 aromatic heterocycles. The standard InChI is InChI=1S/C10H9IOS/c1-6-4-3-5-7-8(6)9(11)10(12-2)13-7/h3-5H,1-2H3. The van der Waals surface area contributed by atoms with E-state index in [-0.39, 0.29) is 0 Å². The molecule has 0 bridgehead atoms. The molecule has 3 heteroatoms. The average Bonchev–Trinajstić information content (AvgIpc) is 2.44. The van der Waals surface area contributed by atoms with E-state index in [0.29, 0.717) is 0 Å². The van der Waals surface area contributed by atoms with Crippen molar-refractivity contribution in [3.8, 4) is 5.06 Å². The van der Waals surface area contributed by atoms with Gasteiger partial charge in [0.25, 0.3) is 0 Å². The molecule has 0 atom stereocenters. The van der Waals surface area contributed by atoms with Crippen molar-refractivity contribution in [2.24, 2.45) is 0 Å². The highest BCUT2D eigenvalue weighted by Gasteiger charge is 2.10. The SMILES string of the molecule is COc1sc2cccc(C)c2c1I. The fraction of sp³-hybridized carbons (Fsp3) is 0.200. The molecule has 0 aliphatic rings. The zero-order valence-corrected chi connectivity index (χ0v) is 10.4. The van der Waals surface area contributed by atoms with Crippen molar-refractivity contribution in [3.05, 3.63) is 27.3 Å². The first-order valence-corrected chi connectivity index (χ1v) is 5.85. The van der Waals surface area contributed by atoms with Gasteiger partial charge in [0, 0.05) is 10.1 Å². The van der Waals surface area contributed by atoms with Crippen LogP contribution in [0.4, 0.5) is 0 Å². The van der Waals surface area contributed by atoms with Gasteiger partial charge in [-0.3, -0.25) is 0 Å². The van der Waals surface area contributed by atoms with Gasteiger partial charge in [-0.2, -0.15) is 0 Å². The zero-order chi connectivity index (χ0) is 9.42. The number of ether oxygens (including phenoxy) is 1. The predicted molar refractivity (Wildman–Crippen MR) is 65.8 cm³/mol. The molecule has 0 unspecified atom stereocenters. The third-order valence-electron chi connectivity index (χ3n) is 2.02. The van der Waals surface area contributed by atoms with Crippen LogP contribution in [0.5, 0.6) is 5.06 Å². The smallest absolute Gasteiger partial charge is 0.188 e. The summed E-state index contributed by atoms with van der Waals surface area (Å²) in [7, 11) is 1.72. The number of methoxy groups -OCH3 is 1. The van der Waals surface area contributed by atoms with Crippen LogP contribution < -0.4 is 4.74 Å². The van der Waals surface area contributed by atoms with E-state index in [4.69, 9.17) is 4.74 Å². The minimum atomic E-state index is 1.02. The summed E-state index contributed by atoms with van der Waals surface area (Å²) in [5.41, 5.74) is 1.32. The molecule has 1 aromatic carbocycles. The Hall–Kier alpha value is -0.290. The van der Waals surface area contributed by atoms with Gasteiger partial charge >= 0.3 is 0 Å². The van der Waals surface area contributed by atoms with Gasteiger partial charge in [-0.25, -0.2) is 0 Å². The molecular weight excluding hydrogens is 295 g/mol. The van der Waals surface area contributed by atoms with Crippen LogP contribution in [0.2, 0.25) is 0 Å². The van der Waals surface area contributed by atoms with Crippen molar-refractivity contribution < 1.29 is 4.74 Å². The summed E-state index contributed by atoms with van der Waals surface area (Å²) in [4.78, 5) is 0. The van der Waals surface area contributed by atoms with E-state index >= 15 is 0 Å². The van der Waals surface area contributed by atoms with Gasteiger partial charge in [0.2, 0.25) is 0 Å². The Morgan fingerprint density at radius 2 is 2.15 bits per heavy atom. The molecule has 68 valence electrons. The molecule has 0 radical (unpaired) electrons. The highest BCUT2D eigenvalue weighted by atomic mass is 127. The van der Waals surface area contributed by atoms with Gasteiger partial charge in [0.05, 0.1) is 10.7 Å². The van der Waals surface area contributed by atoms with Crippen LogP contribution in [0.25, 0.3) is 10.1 Å². The average molecular weight is 304 g/mol. The van der Waals surface area contributed by atoms with E-state index in [0.717, 1.165) is 5.06 Å². The highest BCUT2D eigenvalue weighted by molar-refractivity contribution is 14.1. The minimum absolute atomic E-state index is 1.02. The number of aryl methyl sites for hydroxylation is 1. The summed E-state index contributed by atoms with van der Waals surface area (Å²) < 4.78 is 7.84. The number of hydrogen-bond acceptors (Lipinski definition) is 2. The van der Waals surface area contributed by atoms with Crippen molar-refractivity contribution >= 4 is 44.0 Å². The van der Waals surface area contributed by atoms with E-state index < -0.39 is 0 Å². The second kappa shape index (κ2) is 3.46. The number of fused-ring (bicyclic) bond motifs is 1. The van der Waals surface area contributed by atoms with Crippen molar-refractivity contribution in [1.29, 1.82) is 0 Å². The van der Waals surface area contributed by atoms with Gasteiger partial charge in [-0.1, -0.05) is 23.5 Å². The highest BCUT2D eigenvalue weighted by Crippen LogP contribution is 2.39. The van der Waals surface area contributed by atoms with Crippen LogP contribution in [0.15, 0.2) is 18.2 Å². The van der Waals surface area contributed by atoms with Gasteiger partial charge in [-0.05, 0) is 41.1 Å². The summed E-state index contributed by atoms with van der Waals surface area (Å²) in [6, 6.07) is 6.36. The van der Waals surface area contributed by atoms with Crippen molar-refractivity contribution in [2.75, 3.05) is 7.11 Å². The predicted octanol–water partition coefficient (Wildman–Crippen LogP) is 3.82. The first-order chi connectivity index (χ1) is 6.24. The minimum Gasteiger partial charge on any atom is -0.486 e. The number of benzene rings is 1. The van der Waals surface area contributed by atoms with Crippen LogP contribution in [0, 0.1) is 10.5 Å². The lowest BCUT2D eigenvalue weighted by Crippen LogP contribution is -1.80. The molecule has 0 amide bonds. The third kappa shape index (κ3) is 1.44. The Bertz CT molecular complexity index is 447. The number of halogens is 1. The molecule has 0 N–H and O–H groups in total. The maximum absolute atomic E-state index is 5.30. The molecule has 0 fully saturated rings. The van der Waals surface area contributed by atoms with Crippen molar-refractivity contribution in [3.63, 3.8) is 0 Å². The second-order valence-corrected chi connectivity index (χ2v) is 4.95. The van der Waals surface area contributed by atoms with Gasteiger partial charge in [0.15, 0.2) is 5.06 Å². The lowest BCUT2D eigenvalue weighted by molar-refractivity contribution is 0.425. The Morgan fingerprint density at radius 1 is 1.38 bits per heavy atom. The molecule has 2 rings (SSSR count). The second-order valence-electron chi connectivity index (χ2n) is 2.86. The molecule has 0 aliphatic carbocycles.